The molecule has 58 heavy (non-hydrogen) atoms. The number of unbranched alkanes of at least 4 members (excludes halogenated alkanes) is 12. The van der Waals surface area contributed by atoms with Gasteiger partial charge in [-0.2, -0.15) is 0 Å². The SMILES string of the molecule is CCCC[N+](CCCC)(CCCC)CCCC.CCCC[N+](CCCC)(CCCC)CCCC.CCCC[N+](CCCC)(CCCC)CCCC.O=S(=O)([O-])O.[Br-].[Cl-]. The van der Waals surface area contributed by atoms with Gasteiger partial charge in [0.1, 0.15) is 0 Å². The van der Waals surface area contributed by atoms with Crippen molar-refractivity contribution < 1.29 is 60.4 Å². The Hall–Kier alpha value is 0.520. The molecule has 0 radical (unpaired) electrons. The van der Waals surface area contributed by atoms with E-state index in [1.807, 2.05) is 0 Å². The highest BCUT2D eigenvalue weighted by molar-refractivity contribution is 7.79. The third-order valence-electron chi connectivity index (χ3n) is 11.8. The zero-order valence-electron chi connectivity index (χ0n) is 41.6. The molecule has 1 N–H and O–H groups in total. The summed E-state index contributed by atoms with van der Waals surface area (Å²) in [4.78, 5) is 0. The molecule has 0 spiro atoms. The van der Waals surface area contributed by atoms with Crippen molar-refractivity contribution in [3.8, 4) is 0 Å². The van der Waals surface area contributed by atoms with Gasteiger partial charge in [0.2, 0.25) is 10.4 Å². The number of quaternary nitrogens is 3. The maximum Gasteiger partial charge on any atom is 0.215 e. The summed E-state index contributed by atoms with van der Waals surface area (Å²) < 4.78 is 37.1. The van der Waals surface area contributed by atoms with Crippen LogP contribution in [0.1, 0.15) is 237 Å². The summed E-state index contributed by atoms with van der Waals surface area (Å²) in [5, 5.41) is 0. The fourth-order valence-corrected chi connectivity index (χ4v) is 7.93. The van der Waals surface area contributed by atoms with Gasteiger partial charge in [0, 0.05) is 0 Å². The van der Waals surface area contributed by atoms with E-state index in [4.69, 9.17) is 17.5 Å². The van der Waals surface area contributed by atoms with Crippen molar-refractivity contribution in [2.24, 2.45) is 0 Å². The molecule has 0 aromatic carbocycles. The molecule has 0 amide bonds. The van der Waals surface area contributed by atoms with Gasteiger partial charge in [-0.15, -0.1) is 0 Å². The van der Waals surface area contributed by atoms with Crippen molar-refractivity contribution in [3.63, 3.8) is 0 Å². The highest BCUT2D eigenvalue weighted by Crippen LogP contribution is 2.19. The molecule has 0 unspecified atom stereocenters. The highest BCUT2D eigenvalue weighted by Gasteiger charge is 2.26. The molecule has 0 saturated heterocycles. The molecular weight excluding hydrogens is 830 g/mol. The predicted octanol–water partition coefficient (Wildman–Crippen LogP) is 8.02. The van der Waals surface area contributed by atoms with Crippen LogP contribution in [0.15, 0.2) is 0 Å². The quantitative estimate of drug-likeness (QED) is 0.0393. The summed E-state index contributed by atoms with van der Waals surface area (Å²) in [6, 6.07) is 0. The fourth-order valence-electron chi connectivity index (χ4n) is 7.93. The van der Waals surface area contributed by atoms with E-state index in [-0.39, 0.29) is 29.4 Å². The Kier molecular flexibility index (Phi) is 60.7. The molecule has 0 bridgehead atoms. The molecule has 360 valence electrons. The molecule has 0 aliphatic rings. The van der Waals surface area contributed by atoms with Crippen LogP contribution in [0.2, 0.25) is 0 Å². The molecule has 10 heteroatoms. The maximum absolute atomic E-state index is 8.63. The van der Waals surface area contributed by atoms with E-state index in [2.05, 4.69) is 83.1 Å². The molecule has 0 aliphatic carbocycles. The van der Waals surface area contributed by atoms with Crippen LogP contribution < -0.4 is 29.4 Å². The number of hydrogen-bond acceptors (Lipinski definition) is 3. The summed E-state index contributed by atoms with van der Waals surface area (Å²) >= 11 is 0. The fraction of sp³-hybridized carbons (Fsp3) is 1.00. The average Bonchev–Trinajstić information content (AvgIpc) is 3.19. The molecule has 0 aliphatic heterocycles. The zero-order chi connectivity index (χ0) is 43.5. The van der Waals surface area contributed by atoms with E-state index >= 15 is 0 Å². The molecule has 0 aromatic heterocycles. The molecular formula is C48H109BrClN3O4S. The summed E-state index contributed by atoms with van der Waals surface area (Å²) in [6.07, 6.45) is 33.2. The Bertz CT molecular complexity index is 664. The lowest BCUT2D eigenvalue weighted by Crippen LogP contribution is -3.00. The van der Waals surface area contributed by atoms with Crippen LogP contribution in [0.5, 0.6) is 0 Å². The van der Waals surface area contributed by atoms with Gasteiger partial charge in [0.25, 0.3) is 0 Å². The first-order chi connectivity index (χ1) is 26.7. The Labute approximate surface area is 384 Å². The molecule has 0 saturated carbocycles. The van der Waals surface area contributed by atoms with Crippen LogP contribution >= 0.6 is 0 Å². The van der Waals surface area contributed by atoms with Gasteiger partial charge in [-0.05, 0) is 77.0 Å². The normalized spacial score (nSPS) is 11.6. The third kappa shape index (κ3) is 47.6. The maximum atomic E-state index is 8.63. The number of rotatable bonds is 36. The first kappa shape index (κ1) is 70.2. The van der Waals surface area contributed by atoms with Crippen LogP contribution in [0.4, 0.5) is 0 Å². The van der Waals surface area contributed by atoms with Gasteiger partial charge >= 0.3 is 0 Å². The summed E-state index contributed by atoms with van der Waals surface area (Å²) in [7, 11) is -4.92. The lowest BCUT2D eigenvalue weighted by molar-refractivity contribution is -0.929. The van der Waals surface area contributed by atoms with E-state index in [0.29, 0.717) is 0 Å². The highest BCUT2D eigenvalue weighted by atomic mass is 79.9. The molecule has 0 aromatic rings. The smallest absolute Gasteiger partial charge is 0.215 e. The Balaban J connectivity index is -0.000000162. The number of hydrogen-bond donors (Lipinski definition) is 1. The second kappa shape index (κ2) is 50.2. The van der Waals surface area contributed by atoms with E-state index in [9.17, 15) is 0 Å². The Morgan fingerprint density at radius 1 is 0.310 bits per heavy atom. The molecule has 0 rings (SSSR count). The van der Waals surface area contributed by atoms with E-state index in [1.54, 1.807) is 0 Å². The van der Waals surface area contributed by atoms with Crippen molar-refractivity contribution in [3.05, 3.63) is 0 Å². The van der Waals surface area contributed by atoms with E-state index in [1.165, 1.54) is 246 Å². The lowest BCUT2D eigenvalue weighted by atomic mass is 10.1. The van der Waals surface area contributed by atoms with Crippen molar-refractivity contribution in [2.45, 2.75) is 237 Å². The topological polar surface area (TPSA) is 77.4 Å². The van der Waals surface area contributed by atoms with Gasteiger partial charge in [-0.3, -0.25) is 4.55 Å². The minimum atomic E-state index is -4.92. The average molecular weight is 940 g/mol. The van der Waals surface area contributed by atoms with Crippen molar-refractivity contribution in [1.82, 2.24) is 0 Å². The molecule has 0 heterocycles. The van der Waals surface area contributed by atoms with Gasteiger partial charge in [-0.25, -0.2) is 8.42 Å². The molecule has 0 fully saturated rings. The summed E-state index contributed by atoms with van der Waals surface area (Å²) in [5.41, 5.74) is 0. The van der Waals surface area contributed by atoms with Crippen molar-refractivity contribution in [1.29, 1.82) is 0 Å². The minimum absolute atomic E-state index is 0. The third-order valence-corrected chi connectivity index (χ3v) is 11.8. The van der Waals surface area contributed by atoms with Crippen LogP contribution in [-0.2, 0) is 10.4 Å². The van der Waals surface area contributed by atoms with Gasteiger partial charge in [-0.1, -0.05) is 160 Å². The monoisotopic (exact) mass is 938 g/mol. The predicted molar refractivity (Wildman–Crippen MR) is 250 cm³/mol. The van der Waals surface area contributed by atoms with Gasteiger partial charge < -0.3 is 47.4 Å². The lowest BCUT2D eigenvalue weighted by Gasteiger charge is -2.39. The van der Waals surface area contributed by atoms with Crippen LogP contribution in [0.3, 0.4) is 0 Å². The molecule has 7 nitrogen and oxygen atoms in total. The van der Waals surface area contributed by atoms with Crippen LogP contribution in [0.25, 0.3) is 0 Å². The Morgan fingerprint density at radius 2 is 0.379 bits per heavy atom. The van der Waals surface area contributed by atoms with Crippen molar-refractivity contribution in [2.75, 3.05) is 78.5 Å². The number of nitrogens with zero attached hydrogens (tertiary/aromatic N) is 3. The Morgan fingerprint density at radius 3 is 0.431 bits per heavy atom. The standard InChI is InChI=1S/3C16H36N.BrH.ClH.H2O4S/c3*1-5-9-13-17(14-10-6-2,15-11-7-3)16-12-8-4;;;1-5(2,3)4/h3*5-16H2,1-4H3;2*1H;(H2,1,2,3,4)/q3*+1;;;/p-3. The van der Waals surface area contributed by atoms with Gasteiger partial charge in [0.15, 0.2) is 0 Å². The van der Waals surface area contributed by atoms with Crippen LogP contribution in [-0.4, -0.2) is 110 Å². The molecule has 0 atom stereocenters. The second-order valence-corrected chi connectivity index (χ2v) is 18.2. The first-order valence-electron chi connectivity index (χ1n) is 25.0. The largest absolute Gasteiger partial charge is 1.00 e. The van der Waals surface area contributed by atoms with Gasteiger partial charge in [0.05, 0.1) is 78.5 Å². The summed E-state index contributed by atoms with van der Waals surface area (Å²) in [5.74, 6) is 0. The van der Waals surface area contributed by atoms with Crippen LogP contribution in [0, 0.1) is 0 Å². The second-order valence-electron chi connectivity index (χ2n) is 17.4. The number of halogens is 2. The van der Waals surface area contributed by atoms with Crippen molar-refractivity contribution >= 4 is 10.4 Å². The zero-order valence-corrected chi connectivity index (χ0v) is 44.8. The van der Waals surface area contributed by atoms with E-state index in [0.717, 1.165) is 0 Å². The van der Waals surface area contributed by atoms with E-state index < -0.39 is 10.4 Å². The summed E-state index contributed by atoms with van der Waals surface area (Å²) in [6.45, 7) is 45.1. The first-order valence-corrected chi connectivity index (χ1v) is 26.3. The minimum Gasteiger partial charge on any atom is -1.00 e.